The number of allylic oxidation sites excluding steroid dienone is 1. The minimum Gasteiger partial charge on any atom is -0.269 e. The molecule has 0 unspecified atom stereocenters. The Morgan fingerprint density at radius 1 is 1.17 bits per heavy atom. The molecule has 0 radical (unpaired) electrons. The van der Waals surface area contributed by atoms with Gasteiger partial charge in [-0.15, -0.1) is 0 Å². The summed E-state index contributed by atoms with van der Waals surface area (Å²) in [5.74, 6) is -0.263. The molecule has 0 spiro atoms. The molecule has 0 atom stereocenters. The van der Waals surface area contributed by atoms with E-state index >= 15 is 0 Å². The van der Waals surface area contributed by atoms with Gasteiger partial charge in [0.05, 0.1) is 10.2 Å². The molecule has 120 valence electrons. The first-order valence-electron chi connectivity index (χ1n) is 7.40. The third kappa shape index (κ3) is 2.63. The molecule has 1 aliphatic carbocycles. The number of hydrogen-bond donors (Lipinski definition) is 0. The standard InChI is InChI=1S/C18H11Br2FN2O/c19-12-8-15(20)17-22-16-11(7-10-1-4-13(21)5-2-10)3-6-14(16)18(24)23(17)9-12/h1-2,4-5,7-9H,3,6H2. The summed E-state index contributed by atoms with van der Waals surface area (Å²) in [4.78, 5) is 17.5. The van der Waals surface area contributed by atoms with Crippen LogP contribution in [0.2, 0.25) is 0 Å². The molecule has 3 aromatic rings. The fourth-order valence-electron chi connectivity index (χ4n) is 2.97. The second-order valence-electron chi connectivity index (χ2n) is 5.67. The van der Waals surface area contributed by atoms with Crippen LogP contribution in [-0.2, 0) is 6.42 Å². The fourth-order valence-corrected chi connectivity index (χ4v) is 4.24. The van der Waals surface area contributed by atoms with Crippen molar-refractivity contribution in [3.05, 3.63) is 78.5 Å². The van der Waals surface area contributed by atoms with E-state index in [1.807, 2.05) is 12.1 Å². The minimum atomic E-state index is -0.263. The van der Waals surface area contributed by atoms with Crippen molar-refractivity contribution in [2.45, 2.75) is 12.8 Å². The monoisotopic (exact) mass is 448 g/mol. The third-order valence-electron chi connectivity index (χ3n) is 4.10. The van der Waals surface area contributed by atoms with Crippen LogP contribution < -0.4 is 5.56 Å². The zero-order valence-electron chi connectivity index (χ0n) is 12.4. The van der Waals surface area contributed by atoms with Crippen LogP contribution in [0.3, 0.4) is 0 Å². The fraction of sp³-hybridized carbons (Fsp3) is 0.111. The van der Waals surface area contributed by atoms with Gasteiger partial charge in [0.15, 0.2) is 5.65 Å². The van der Waals surface area contributed by atoms with E-state index in [0.717, 1.165) is 37.8 Å². The molecule has 4 rings (SSSR count). The second kappa shape index (κ2) is 5.93. The summed E-state index contributed by atoms with van der Waals surface area (Å²) in [6.45, 7) is 0. The van der Waals surface area contributed by atoms with Gasteiger partial charge in [-0.05, 0) is 80.1 Å². The molecule has 0 amide bonds. The molecule has 0 saturated carbocycles. The molecule has 24 heavy (non-hydrogen) atoms. The number of halogens is 3. The van der Waals surface area contributed by atoms with Crippen molar-refractivity contribution >= 4 is 49.2 Å². The number of rotatable bonds is 1. The summed E-state index contributed by atoms with van der Waals surface area (Å²) >= 11 is 6.87. The minimum absolute atomic E-state index is 0.0421. The summed E-state index contributed by atoms with van der Waals surface area (Å²) in [6, 6.07) is 8.17. The van der Waals surface area contributed by atoms with Gasteiger partial charge in [0.2, 0.25) is 0 Å². The predicted octanol–water partition coefficient (Wildman–Crippen LogP) is 4.85. The van der Waals surface area contributed by atoms with Crippen molar-refractivity contribution in [1.82, 2.24) is 9.38 Å². The lowest BCUT2D eigenvalue weighted by Crippen LogP contribution is -2.20. The summed E-state index contributed by atoms with van der Waals surface area (Å²) in [7, 11) is 0. The number of hydrogen-bond acceptors (Lipinski definition) is 2. The van der Waals surface area contributed by atoms with Crippen LogP contribution in [0.4, 0.5) is 4.39 Å². The molecule has 0 bridgehead atoms. The Balaban J connectivity index is 1.92. The van der Waals surface area contributed by atoms with Gasteiger partial charge < -0.3 is 0 Å². The lowest BCUT2D eigenvalue weighted by Gasteiger charge is -2.07. The number of nitrogens with zero attached hydrogens (tertiary/aromatic N) is 2. The molecule has 1 aromatic carbocycles. The molecule has 3 nitrogen and oxygen atoms in total. The molecule has 0 fully saturated rings. The van der Waals surface area contributed by atoms with Crippen molar-refractivity contribution in [3.8, 4) is 0 Å². The molecule has 2 aromatic heterocycles. The van der Waals surface area contributed by atoms with E-state index in [-0.39, 0.29) is 11.4 Å². The first kappa shape index (κ1) is 15.7. The Morgan fingerprint density at radius 2 is 1.92 bits per heavy atom. The predicted molar refractivity (Wildman–Crippen MR) is 99.5 cm³/mol. The van der Waals surface area contributed by atoms with E-state index in [1.54, 1.807) is 22.7 Å². The Labute approximate surface area is 154 Å². The molecular weight excluding hydrogens is 439 g/mol. The maximum absolute atomic E-state index is 13.1. The van der Waals surface area contributed by atoms with Crippen LogP contribution in [0.1, 0.15) is 23.2 Å². The highest BCUT2D eigenvalue weighted by Gasteiger charge is 2.23. The van der Waals surface area contributed by atoms with Crippen LogP contribution in [0.25, 0.3) is 17.3 Å². The molecule has 1 aliphatic rings. The molecular formula is C18H11Br2FN2O. The molecule has 0 saturated heterocycles. The Kier molecular flexibility index (Phi) is 3.89. The Hall–Kier alpha value is -1.79. The third-order valence-corrected chi connectivity index (χ3v) is 5.12. The van der Waals surface area contributed by atoms with Gasteiger partial charge in [0.25, 0.3) is 5.56 Å². The van der Waals surface area contributed by atoms with Gasteiger partial charge in [-0.2, -0.15) is 0 Å². The average Bonchev–Trinajstić information content (AvgIpc) is 2.94. The smallest absolute Gasteiger partial charge is 0.261 e. The Morgan fingerprint density at radius 3 is 2.67 bits per heavy atom. The number of pyridine rings is 1. The maximum atomic E-state index is 13.1. The van der Waals surface area contributed by atoms with Crippen molar-refractivity contribution < 1.29 is 4.39 Å². The van der Waals surface area contributed by atoms with Crippen LogP contribution >= 0.6 is 31.9 Å². The Bertz CT molecular complexity index is 1060. The van der Waals surface area contributed by atoms with E-state index in [2.05, 4.69) is 31.9 Å². The van der Waals surface area contributed by atoms with E-state index in [4.69, 9.17) is 4.98 Å². The van der Waals surface area contributed by atoms with Crippen molar-refractivity contribution in [2.75, 3.05) is 0 Å². The SMILES string of the molecule is O=c1c2c(nc3c(Br)cc(Br)cn13)C(=Cc1ccc(F)cc1)CC2. The first-order chi connectivity index (χ1) is 11.5. The topological polar surface area (TPSA) is 34.4 Å². The van der Waals surface area contributed by atoms with Crippen molar-refractivity contribution in [1.29, 1.82) is 0 Å². The highest BCUT2D eigenvalue weighted by Crippen LogP contribution is 2.32. The summed E-state index contributed by atoms with van der Waals surface area (Å²) in [5.41, 5.74) is 3.92. The van der Waals surface area contributed by atoms with E-state index in [0.29, 0.717) is 12.1 Å². The van der Waals surface area contributed by atoms with Crippen molar-refractivity contribution in [3.63, 3.8) is 0 Å². The van der Waals surface area contributed by atoms with Crippen LogP contribution in [-0.4, -0.2) is 9.38 Å². The molecule has 2 heterocycles. The lowest BCUT2D eigenvalue weighted by atomic mass is 10.1. The van der Waals surface area contributed by atoms with Gasteiger partial charge in [0.1, 0.15) is 5.82 Å². The molecule has 0 aliphatic heterocycles. The lowest BCUT2D eigenvalue weighted by molar-refractivity contribution is 0.628. The van der Waals surface area contributed by atoms with Crippen molar-refractivity contribution in [2.24, 2.45) is 0 Å². The first-order valence-corrected chi connectivity index (χ1v) is 8.98. The largest absolute Gasteiger partial charge is 0.269 e. The molecule has 6 heteroatoms. The van der Waals surface area contributed by atoms with Crippen LogP contribution in [0.5, 0.6) is 0 Å². The number of aromatic nitrogens is 2. The molecule has 0 N–H and O–H groups in total. The van der Waals surface area contributed by atoms with Crippen LogP contribution in [0, 0.1) is 5.82 Å². The second-order valence-corrected chi connectivity index (χ2v) is 7.44. The zero-order chi connectivity index (χ0) is 16.8. The highest BCUT2D eigenvalue weighted by molar-refractivity contribution is 9.11. The van der Waals surface area contributed by atoms with Gasteiger partial charge in [-0.1, -0.05) is 12.1 Å². The van der Waals surface area contributed by atoms with Gasteiger partial charge in [-0.3, -0.25) is 9.20 Å². The van der Waals surface area contributed by atoms with Crippen LogP contribution in [0.15, 0.2) is 50.3 Å². The van der Waals surface area contributed by atoms with Gasteiger partial charge in [0, 0.05) is 16.2 Å². The summed E-state index contributed by atoms with van der Waals surface area (Å²) in [6.07, 6.45) is 5.13. The average molecular weight is 450 g/mol. The number of benzene rings is 1. The highest BCUT2D eigenvalue weighted by atomic mass is 79.9. The normalized spacial score (nSPS) is 15.2. The van der Waals surface area contributed by atoms with E-state index in [9.17, 15) is 9.18 Å². The number of fused-ring (bicyclic) bond motifs is 2. The summed E-state index contributed by atoms with van der Waals surface area (Å²) < 4.78 is 16.2. The van der Waals surface area contributed by atoms with Gasteiger partial charge >= 0.3 is 0 Å². The zero-order valence-corrected chi connectivity index (χ0v) is 15.6. The maximum Gasteiger partial charge on any atom is 0.261 e. The van der Waals surface area contributed by atoms with E-state index < -0.39 is 0 Å². The quantitative estimate of drug-likeness (QED) is 0.532. The van der Waals surface area contributed by atoms with Gasteiger partial charge in [-0.25, -0.2) is 9.37 Å². The summed E-state index contributed by atoms with van der Waals surface area (Å²) in [5, 5.41) is 0. The van der Waals surface area contributed by atoms with E-state index in [1.165, 1.54) is 12.1 Å².